The standard InChI is InChI=1S/C44H27N/c1-3-13-30-25-32(22-21-28(30)11-1)39-27-40-35-16-6-8-18-37(35)44-43(42(40)36-17-7-5-15-34(36)39)38-19-9-10-20-41(38)45(44)33-24-23-29-12-2-4-14-31(29)26-33/h1-27H. The molecule has 0 saturated heterocycles. The van der Waals surface area contributed by atoms with Crippen molar-refractivity contribution in [3.8, 4) is 16.8 Å². The fraction of sp³-hybridized carbons (Fsp3) is 0. The Bertz CT molecular complexity index is 2820. The van der Waals surface area contributed by atoms with Gasteiger partial charge in [-0.15, -0.1) is 0 Å². The largest absolute Gasteiger partial charge is 0.309 e. The molecule has 1 aromatic heterocycles. The molecule has 0 aliphatic carbocycles. The van der Waals surface area contributed by atoms with Crippen LogP contribution in [0.25, 0.3) is 92.5 Å². The monoisotopic (exact) mass is 569 g/mol. The van der Waals surface area contributed by atoms with Crippen molar-refractivity contribution in [2.45, 2.75) is 0 Å². The van der Waals surface area contributed by atoms with Crippen LogP contribution in [0.5, 0.6) is 0 Å². The molecule has 0 bridgehead atoms. The molecule has 0 aliphatic heterocycles. The van der Waals surface area contributed by atoms with E-state index in [4.69, 9.17) is 0 Å². The molecule has 0 saturated carbocycles. The van der Waals surface area contributed by atoms with Crippen LogP contribution >= 0.6 is 0 Å². The van der Waals surface area contributed by atoms with E-state index in [0.717, 1.165) is 0 Å². The maximum absolute atomic E-state index is 2.49. The molecule has 0 spiro atoms. The van der Waals surface area contributed by atoms with Crippen LogP contribution in [0.1, 0.15) is 0 Å². The van der Waals surface area contributed by atoms with Crippen LogP contribution in [0, 0.1) is 0 Å². The Hall–Kier alpha value is -5.92. The van der Waals surface area contributed by atoms with Crippen LogP contribution in [-0.2, 0) is 0 Å². The molecule has 0 N–H and O–H groups in total. The average molecular weight is 570 g/mol. The van der Waals surface area contributed by atoms with Gasteiger partial charge in [-0.3, -0.25) is 0 Å². The van der Waals surface area contributed by atoms with Crippen molar-refractivity contribution in [1.29, 1.82) is 0 Å². The van der Waals surface area contributed by atoms with Crippen LogP contribution < -0.4 is 0 Å². The smallest absolute Gasteiger partial charge is 0.0626 e. The van der Waals surface area contributed by atoms with E-state index in [1.54, 1.807) is 0 Å². The first-order valence-electron chi connectivity index (χ1n) is 15.6. The zero-order valence-electron chi connectivity index (χ0n) is 24.5. The van der Waals surface area contributed by atoms with E-state index in [2.05, 4.69) is 168 Å². The maximum Gasteiger partial charge on any atom is 0.0626 e. The zero-order chi connectivity index (χ0) is 29.5. The highest BCUT2D eigenvalue weighted by molar-refractivity contribution is 6.38. The fourth-order valence-electron chi connectivity index (χ4n) is 7.71. The molecule has 45 heavy (non-hydrogen) atoms. The third-order valence-corrected chi connectivity index (χ3v) is 9.69. The van der Waals surface area contributed by atoms with Gasteiger partial charge in [0.25, 0.3) is 0 Å². The summed E-state index contributed by atoms with van der Waals surface area (Å²) in [5, 5.41) is 15.3. The van der Waals surface area contributed by atoms with Crippen molar-refractivity contribution >= 4 is 75.7 Å². The number of para-hydroxylation sites is 1. The van der Waals surface area contributed by atoms with Gasteiger partial charge in [-0.25, -0.2) is 0 Å². The van der Waals surface area contributed by atoms with Gasteiger partial charge in [0, 0.05) is 27.2 Å². The summed E-state index contributed by atoms with van der Waals surface area (Å²) in [5.74, 6) is 0. The molecule has 0 amide bonds. The Morgan fingerprint density at radius 2 is 0.911 bits per heavy atom. The van der Waals surface area contributed by atoms with Gasteiger partial charge < -0.3 is 4.57 Å². The predicted octanol–water partition coefficient (Wildman–Crippen LogP) is 12.2. The second-order valence-corrected chi connectivity index (χ2v) is 12.1. The Balaban J connectivity index is 1.42. The number of benzene rings is 9. The summed E-state index contributed by atoms with van der Waals surface area (Å²) in [5.41, 5.74) is 6.18. The van der Waals surface area contributed by atoms with Gasteiger partial charge in [0.2, 0.25) is 0 Å². The van der Waals surface area contributed by atoms with Gasteiger partial charge in [-0.2, -0.15) is 0 Å². The number of aromatic nitrogens is 1. The van der Waals surface area contributed by atoms with Gasteiger partial charge in [0.1, 0.15) is 0 Å². The summed E-state index contributed by atoms with van der Waals surface area (Å²) in [7, 11) is 0. The van der Waals surface area contributed by atoms with Crippen molar-refractivity contribution in [3.05, 3.63) is 164 Å². The minimum atomic E-state index is 1.18. The van der Waals surface area contributed by atoms with Crippen LogP contribution in [0.2, 0.25) is 0 Å². The molecule has 0 unspecified atom stereocenters. The molecule has 1 heterocycles. The molecule has 1 heteroatoms. The Labute approximate surface area is 260 Å². The summed E-state index contributed by atoms with van der Waals surface area (Å²) >= 11 is 0. The van der Waals surface area contributed by atoms with Crippen LogP contribution in [0.3, 0.4) is 0 Å². The number of hydrogen-bond donors (Lipinski definition) is 0. The minimum Gasteiger partial charge on any atom is -0.309 e. The molecule has 9 aromatic carbocycles. The van der Waals surface area contributed by atoms with Crippen molar-refractivity contribution in [2.24, 2.45) is 0 Å². The maximum atomic E-state index is 2.49. The van der Waals surface area contributed by atoms with Crippen molar-refractivity contribution in [1.82, 2.24) is 4.57 Å². The number of rotatable bonds is 2. The molecule has 0 radical (unpaired) electrons. The molecule has 10 rings (SSSR count). The van der Waals surface area contributed by atoms with E-state index in [9.17, 15) is 0 Å². The number of fused-ring (bicyclic) bond motifs is 12. The Kier molecular flexibility index (Phi) is 5.06. The van der Waals surface area contributed by atoms with E-state index in [1.807, 2.05) is 0 Å². The molecule has 0 fully saturated rings. The van der Waals surface area contributed by atoms with Crippen LogP contribution in [-0.4, -0.2) is 4.57 Å². The molecular weight excluding hydrogens is 542 g/mol. The van der Waals surface area contributed by atoms with Gasteiger partial charge in [-0.05, 0) is 84.5 Å². The van der Waals surface area contributed by atoms with Gasteiger partial charge >= 0.3 is 0 Å². The van der Waals surface area contributed by atoms with Crippen molar-refractivity contribution < 1.29 is 0 Å². The zero-order valence-corrected chi connectivity index (χ0v) is 24.5. The molecule has 208 valence electrons. The van der Waals surface area contributed by atoms with E-state index in [-0.39, 0.29) is 0 Å². The lowest BCUT2D eigenvalue weighted by atomic mass is 9.88. The summed E-state index contributed by atoms with van der Waals surface area (Å²) < 4.78 is 2.49. The van der Waals surface area contributed by atoms with Gasteiger partial charge in [-0.1, -0.05) is 133 Å². The number of nitrogens with zero attached hydrogens (tertiary/aromatic N) is 1. The first-order valence-corrected chi connectivity index (χ1v) is 15.6. The lowest BCUT2D eigenvalue weighted by Crippen LogP contribution is -1.95. The highest BCUT2D eigenvalue weighted by atomic mass is 15.0. The van der Waals surface area contributed by atoms with Crippen molar-refractivity contribution in [2.75, 3.05) is 0 Å². The summed E-state index contributed by atoms with van der Waals surface area (Å²) in [4.78, 5) is 0. The Morgan fingerprint density at radius 3 is 1.69 bits per heavy atom. The van der Waals surface area contributed by atoms with E-state index < -0.39 is 0 Å². The lowest BCUT2D eigenvalue weighted by Gasteiger charge is -2.16. The van der Waals surface area contributed by atoms with Crippen molar-refractivity contribution in [3.63, 3.8) is 0 Å². The molecule has 1 nitrogen and oxygen atoms in total. The summed E-state index contributed by atoms with van der Waals surface area (Å²) in [6.07, 6.45) is 0. The van der Waals surface area contributed by atoms with Gasteiger partial charge in [0.05, 0.1) is 11.0 Å². The second kappa shape index (κ2) is 9.29. The third-order valence-electron chi connectivity index (χ3n) is 9.69. The van der Waals surface area contributed by atoms with Crippen LogP contribution in [0.15, 0.2) is 164 Å². The quantitative estimate of drug-likeness (QED) is 0.183. The third kappa shape index (κ3) is 3.50. The molecule has 10 aromatic rings. The number of hydrogen-bond acceptors (Lipinski definition) is 0. The Morgan fingerprint density at radius 1 is 0.333 bits per heavy atom. The lowest BCUT2D eigenvalue weighted by molar-refractivity contribution is 1.19. The first-order chi connectivity index (χ1) is 22.3. The molecule has 0 aliphatic rings. The fourth-order valence-corrected chi connectivity index (χ4v) is 7.71. The van der Waals surface area contributed by atoms with E-state index in [0.29, 0.717) is 0 Å². The van der Waals surface area contributed by atoms with E-state index in [1.165, 1.54) is 92.5 Å². The highest BCUT2D eigenvalue weighted by Gasteiger charge is 2.21. The highest BCUT2D eigenvalue weighted by Crippen LogP contribution is 2.47. The van der Waals surface area contributed by atoms with E-state index >= 15 is 0 Å². The SMILES string of the molecule is c1ccc2cc(-c3cc4c5ccccc5c5c(c6ccccc6n5-c5ccc6ccccc6c5)c4c4ccccc34)ccc2c1. The predicted molar refractivity (Wildman–Crippen MR) is 194 cm³/mol. The first kappa shape index (κ1) is 24.5. The minimum absolute atomic E-state index is 1.18. The molecule has 0 atom stereocenters. The summed E-state index contributed by atoms with van der Waals surface area (Å²) in [6, 6.07) is 60.3. The van der Waals surface area contributed by atoms with Crippen LogP contribution in [0.4, 0.5) is 0 Å². The summed E-state index contributed by atoms with van der Waals surface area (Å²) in [6.45, 7) is 0. The topological polar surface area (TPSA) is 4.93 Å². The average Bonchev–Trinajstić information content (AvgIpc) is 3.46. The normalized spacial score (nSPS) is 12.0. The van der Waals surface area contributed by atoms with Gasteiger partial charge in [0.15, 0.2) is 0 Å². The molecular formula is C44H27N. The second-order valence-electron chi connectivity index (χ2n) is 12.1.